The highest BCUT2D eigenvalue weighted by molar-refractivity contribution is 5.05. The molecule has 0 spiro atoms. The Morgan fingerprint density at radius 3 is 2.85 bits per heavy atom. The van der Waals surface area contributed by atoms with Gasteiger partial charge in [-0.2, -0.15) is 0 Å². The standard InChI is InChI=1S/C12H23N/c1-11(2)10-13-9-8-12-6-4-3-5-7-12/h6,11,13H,3-5,7-10H2,1-2H3. The zero-order valence-corrected chi connectivity index (χ0v) is 9.10. The third-order valence-corrected chi connectivity index (χ3v) is 2.56. The van der Waals surface area contributed by atoms with Gasteiger partial charge in [0.15, 0.2) is 0 Å². The fourth-order valence-corrected chi connectivity index (χ4v) is 1.77. The largest absolute Gasteiger partial charge is 0.316 e. The van der Waals surface area contributed by atoms with Crippen LogP contribution in [0.5, 0.6) is 0 Å². The van der Waals surface area contributed by atoms with Crippen LogP contribution in [-0.4, -0.2) is 13.1 Å². The summed E-state index contributed by atoms with van der Waals surface area (Å²) in [6.07, 6.45) is 9.20. The second-order valence-corrected chi connectivity index (χ2v) is 4.46. The van der Waals surface area contributed by atoms with Crippen LogP contribution in [0.2, 0.25) is 0 Å². The lowest BCUT2D eigenvalue weighted by molar-refractivity contribution is 0.546. The van der Waals surface area contributed by atoms with Gasteiger partial charge >= 0.3 is 0 Å². The van der Waals surface area contributed by atoms with E-state index in [1.54, 1.807) is 5.57 Å². The molecule has 1 aliphatic rings. The molecule has 1 nitrogen and oxygen atoms in total. The van der Waals surface area contributed by atoms with Gasteiger partial charge < -0.3 is 5.32 Å². The Hall–Kier alpha value is -0.300. The van der Waals surface area contributed by atoms with E-state index in [1.165, 1.54) is 38.6 Å². The average molecular weight is 181 g/mol. The summed E-state index contributed by atoms with van der Waals surface area (Å²) in [5.41, 5.74) is 1.68. The van der Waals surface area contributed by atoms with Crippen LogP contribution in [0.15, 0.2) is 11.6 Å². The molecule has 76 valence electrons. The normalized spacial score (nSPS) is 17.6. The minimum atomic E-state index is 0.778. The molecule has 0 aromatic heterocycles. The average Bonchev–Trinajstić information content (AvgIpc) is 2.14. The van der Waals surface area contributed by atoms with Crippen LogP contribution in [0.3, 0.4) is 0 Å². The highest BCUT2D eigenvalue weighted by atomic mass is 14.8. The maximum atomic E-state index is 3.49. The Kier molecular flexibility index (Phi) is 5.14. The van der Waals surface area contributed by atoms with E-state index >= 15 is 0 Å². The lowest BCUT2D eigenvalue weighted by atomic mass is 9.97. The number of hydrogen-bond acceptors (Lipinski definition) is 1. The van der Waals surface area contributed by atoms with Crippen LogP contribution < -0.4 is 5.32 Å². The molecule has 0 radical (unpaired) electrons. The second-order valence-electron chi connectivity index (χ2n) is 4.46. The molecule has 0 saturated heterocycles. The van der Waals surface area contributed by atoms with Crippen molar-refractivity contribution in [2.24, 2.45) is 5.92 Å². The van der Waals surface area contributed by atoms with Gasteiger partial charge in [-0.05, 0) is 51.1 Å². The zero-order valence-electron chi connectivity index (χ0n) is 9.10. The van der Waals surface area contributed by atoms with Crippen LogP contribution in [0.25, 0.3) is 0 Å². The van der Waals surface area contributed by atoms with Gasteiger partial charge in [0.25, 0.3) is 0 Å². The van der Waals surface area contributed by atoms with Gasteiger partial charge in [-0.15, -0.1) is 0 Å². The Labute approximate surface area is 82.6 Å². The molecular weight excluding hydrogens is 158 g/mol. The van der Waals surface area contributed by atoms with Crippen LogP contribution in [0, 0.1) is 5.92 Å². The van der Waals surface area contributed by atoms with Gasteiger partial charge in [0, 0.05) is 0 Å². The molecule has 0 atom stereocenters. The molecule has 1 N–H and O–H groups in total. The SMILES string of the molecule is CC(C)CNCCC1=CCCCC1. The van der Waals surface area contributed by atoms with Crippen molar-refractivity contribution in [2.45, 2.75) is 46.0 Å². The maximum absolute atomic E-state index is 3.49. The van der Waals surface area contributed by atoms with E-state index in [2.05, 4.69) is 25.2 Å². The van der Waals surface area contributed by atoms with Gasteiger partial charge in [-0.1, -0.05) is 25.5 Å². The Morgan fingerprint density at radius 1 is 1.38 bits per heavy atom. The van der Waals surface area contributed by atoms with E-state index in [-0.39, 0.29) is 0 Å². The Morgan fingerprint density at radius 2 is 2.23 bits per heavy atom. The predicted molar refractivity (Wildman–Crippen MR) is 58.9 cm³/mol. The van der Waals surface area contributed by atoms with Gasteiger partial charge in [-0.25, -0.2) is 0 Å². The minimum Gasteiger partial charge on any atom is -0.316 e. The maximum Gasteiger partial charge on any atom is -0.00115 e. The first-order valence-corrected chi connectivity index (χ1v) is 5.67. The van der Waals surface area contributed by atoms with Crippen molar-refractivity contribution in [2.75, 3.05) is 13.1 Å². The van der Waals surface area contributed by atoms with Gasteiger partial charge in [-0.3, -0.25) is 0 Å². The molecule has 0 aliphatic heterocycles. The summed E-state index contributed by atoms with van der Waals surface area (Å²) < 4.78 is 0. The number of allylic oxidation sites excluding steroid dienone is 1. The first-order valence-electron chi connectivity index (χ1n) is 5.67. The monoisotopic (exact) mass is 181 g/mol. The van der Waals surface area contributed by atoms with Crippen molar-refractivity contribution in [3.8, 4) is 0 Å². The smallest absolute Gasteiger partial charge is 0.00115 e. The molecule has 1 rings (SSSR count). The summed E-state index contributed by atoms with van der Waals surface area (Å²) in [4.78, 5) is 0. The van der Waals surface area contributed by atoms with Crippen LogP contribution in [0.4, 0.5) is 0 Å². The third-order valence-electron chi connectivity index (χ3n) is 2.56. The summed E-state index contributed by atoms with van der Waals surface area (Å²) in [6.45, 7) is 6.84. The quantitative estimate of drug-likeness (QED) is 0.507. The molecule has 0 saturated carbocycles. The van der Waals surface area contributed by atoms with Gasteiger partial charge in [0.1, 0.15) is 0 Å². The van der Waals surface area contributed by atoms with E-state index in [0.29, 0.717) is 0 Å². The molecule has 0 amide bonds. The van der Waals surface area contributed by atoms with E-state index in [1.807, 2.05) is 0 Å². The molecule has 1 aliphatic carbocycles. The molecule has 0 fully saturated rings. The van der Waals surface area contributed by atoms with Crippen LogP contribution >= 0.6 is 0 Å². The van der Waals surface area contributed by atoms with Crippen molar-refractivity contribution >= 4 is 0 Å². The Balaban J connectivity index is 2.01. The number of nitrogens with one attached hydrogen (secondary N) is 1. The minimum absolute atomic E-state index is 0.778. The fraction of sp³-hybridized carbons (Fsp3) is 0.833. The Bertz CT molecular complexity index is 159. The number of rotatable bonds is 5. The van der Waals surface area contributed by atoms with E-state index in [0.717, 1.165) is 12.5 Å². The van der Waals surface area contributed by atoms with Crippen LogP contribution in [-0.2, 0) is 0 Å². The van der Waals surface area contributed by atoms with Crippen molar-refractivity contribution in [1.29, 1.82) is 0 Å². The van der Waals surface area contributed by atoms with E-state index in [9.17, 15) is 0 Å². The predicted octanol–water partition coefficient (Wildman–Crippen LogP) is 3.12. The zero-order chi connectivity index (χ0) is 9.52. The molecule has 1 heteroatoms. The summed E-state index contributed by atoms with van der Waals surface area (Å²) >= 11 is 0. The highest BCUT2D eigenvalue weighted by Gasteiger charge is 2.02. The van der Waals surface area contributed by atoms with Crippen molar-refractivity contribution < 1.29 is 0 Å². The van der Waals surface area contributed by atoms with Gasteiger partial charge in [0.2, 0.25) is 0 Å². The van der Waals surface area contributed by atoms with Crippen molar-refractivity contribution in [1.82, 2.24) is 5.32 Å². The first-order chi connectivity index (χ1) is 6.29. The van der Waals surface area contributed by atoms with Crippen LogP contribution in [0.1, 0.15) is 46.0 Å². The molecule has 0 heterocycles. The van der Waals surface area contributed by atoms with E-state index < -0.39 is 0 Å². The third kappa shape index (κ3) is 5.09. The first kappa shape index (κ1) is 10.8. The topological polar surface area (TPSA) is 12.0 Å². The molecule has 0 unspecified atom stereocenters. The van der Waals surface area contributed by atoms with Gasteiger partial charge in [0.05, 0.1) is 0 Å². The van der Waals surface area contributed by atoms with E-state index in [4.69, 9.17) is 0 Å². The van der Waals surface area contributed by atoms with Crippen molar-refractivity contribution in [3.63, 3.8) is 0 Å². The fourth-order valence-electron chi connectivity index (χ4n) is 1.77. The number of hydrogen-bond donors (Lipinski definition) is 1. The lowest BCUT2D eigenvalue weighted by Crippen LogP contribution is -2.21. The summed E-state index contributed by atoms with van der Waals surface area (Å²) in [6, 6.07) is 0. The van der Waals surface area contributed by atoms with Crippen molar-refractivity contribution in [3.05, 3.63) is 11.6 Å². The molecular formula is C12H23N. The second kappa shape index (κ2) is 6.20. The molecule has 0 bridgehead atoms. The molecule has 0 aromatic rings. The lowest BCUT2D eigenvalue weighted by Gasteiger charge is -2.13. The molecule has 0 aromatic carbocycles. The summed E-state index contributed by atoms with van der Waals surface area (Å²) in [7, 11) is 0. The molecule has 13 heavy (non-hydrogen) atoms. The highest BCUT2D eigenvalue weighted by Crippen LogP contribution is 2.19. The summed E-state index contributed by atoms with van der Waals surface area (Å²) in [5, 5.41) is 3.49. The summed E-state index contributed by atoms with van der Waals surface area (Å²) in [5.74, 6) is 0.778.